The van der Waals surface area contributed by atoms with Crippen molar-refractivity contribution in [3.05, 3.63) is 54.2 Å². The van der Waals surface area contributed by atoms with E-state index in [1.807, 2.05) is 22.9 Å². The Hall–Kier alpha value is -3.68. The topological polar surface area (TPSA) is 77.3 Å². The van der Waals surface area contributed by atoms with Crippen molar-refractivity contribution in [3.8, 4) is 11.5 Å². The van der Waals surface area contributed by atoms with Gasteiger partial charge in [0, 0.05) is 37.6 Å². The fourth-order valence-electron chi connectivity index (χ4n) is 4.31. The lowest BCUT2D eigenvalue weighted by atomic mass is 10.2. The zero-order valence-corrected chi connectivity index (χ0v) is 16.2. The molecule has 0 aliphatic heterocycles. The second kappa shape index (κ2) is 5.91. The monoisotopic (exact) mass is 403 g/mol. The molecule has 0 amide bonds. The number of hydrogen-bond acceptors (Lipinski definition) is 3. The number of hydrogen-bond donors (Lipinski definition) is 1. The van der Waals surface area contributed by atoms with E-state index < -0.39 is 11.8 Å². The first-order valence-corrected chi connectivity index (χ1v) is 9.86. The number of fused-ring (bicyclic) bond motifs is 4. The fourth-order valence-corrected chi connectivity index (χ4v) is 4.31. The predicted molar refractivity (Wildman–Crippen MR) is 110 cm³/mol. The van der Waals surface area contributed by atoms with Gasteiger partial charge in [-0.2, -0.15) is 0 Å². The molecule has 0 atom stereocenters. The van der Waals surface area contributed by atoms with Crippen LogP contribution in [0.15, 0.2) is 42.9 Å². The van der Waals surface area contributed by atoms with Crippen molar-refractivity contribution >= 4 is 33.6 Å². The van der Waals surface area contributed by atoms with E-state index in [4.69, 9.17) is 0 Å². The summed E-state index contributed by atoms with van der Waals surface area (Å²) in [5.74, 6) is -0.549. The number of halogens is 1. The van der Waals surface area contributed by atoms with Crippen LogP contribution < -0.4 is 0 Å². The minimum absolute atomic E-state index is 0.109. The first-order valence-electron chi connectivity index (χ1n) is 9.86. The van der Waals surface area contributed by atoms with Gasteiger partial charge >= 0.3 is 5.97 Å². The van der Waals surface area contributed by atoms with Gasteiger partial charge in [-0.05, 0) is 43.0 Å². The molecule has 1 aliphatic carbocycles. The summed E-state index contributed by atoms with van der Waals surface area (Å²) in [5, 5.41) is 10.3. The average Bonchev–Trinajstić information content (AvgIpc) is 3.13. The normalized spacial score (nSPS) is 14.3. The maximum absolute atomic E-state index is 14.7. The molecule has 150 valence electrons. The number of aromatic nitrogens is 5. The standard InChI is InChI=1S/C22H18FN5O2/c1-26-19-15(23)8-14(22(29)30)9-16(19)25-20(26)17-10-13-4-6-27-7-5-24-21(27)18(13)28(17)11-12-2-3-12/h4-10,12H,2-3,11H2,1H3,(H,29,30). The number of carbonyl (C=O) groups is 1. The molecule has 1 fully saturated rings. The average molecular weight is 403 g/mol. The lowest BCUT2D eigenvalue weighted by molar-refractivity contribution is 0.0696. The number of benzene rings is 1. The Kier molecular flexibility index (Phi) is 3.39. The molecule has 30 heavy (non-hydrogen) atoms. The summed E-state index contributed by atoms with van der Waals surface area (Å²) in [5.41, 5.74) is 3.30. The number of carboxylic acids is 1. The molecule has 0 bridgehead atoms. The maximum atomic E-state index is 14.7. The molecule has 0 spiro atoms. The Morgan fingerprint density at radius 3 is 2.83 bits per heavy atom. The van der Waals surface area contributed by atoms with E-state index in [1.54, 1.807) is 17.8 Å². The van der Waals surface area contributed by atoms with Gasteiger partial charge < -0.3 is 18.6 Å². The molecule has 4 aromatic heterocycles. The molecule has 7 nitrogen and oxygen atoms in total. The van der Waals surface area contributed by atoms with Crippen LogP contribution >= 0.6 is 0 Å². The third-order valence-electron chi connectivity index (χ3n) is 5.96. The first kappa shape index (κ1) is 17.2. The summed E-state index contributed by atoms with van der Waals surface area (Å²) < 4.78 is 20.7. The molecule has 1 aliphatic rings. The van der Waals surface area contributed by atoms with Gasteiger partial charge in [-0.25, -0.2) is 19.2 Å². The molecular weight excluding hydrogens is 385 g/mol. The molecule has 6 rings (SSSR count). The second-order valence-electron chi connectivity index (χ2n) is 7.99. The molecule has 0 radical (unpaired) electrons. The van der Waals surface area contributed by atoms with Crippen LogP contribution in [0.2, 0.25) is 0 Å². The van der Waals surface area contributed by atoms with Crippen LogP contribution in [0.1, 0.15) is 23.2 Å². The highest BCUT2D eigenvalue weighted by atomic mass is 19.1. The van der Waals surface area contributed by atoms with Crippen molar-refractivity contribution in [2.75, 3.05) is 0 Å². The Bertz CT molecular complexity index is 1490. The van der Waals surface area contributed by atoms with E-state index in [0.29, 0.717) is 22.8 Å². The third kappa shape index (κ3) is 2.39. The number of aromatic carboxylic acids is 1. The smallest absolute Gasteiger partial charge is 0.335 e. The highest BCUT2D eigenvalue weighted by molar-refractivity contribution is 5.97. The molecule has 8 heteroatoms. The molecule has 0 unspecified atom stereocenters. The Morgan fingerprint density at radius 2 is 2.07 bits per heavy atom. The zero-order chi connectivity index (χ0) is 20.6. The third-order valence-corrected chi connectivity index (χ3v) is 5.96. The molecule has 5 aromatic rings. The largest absolute Gasteiger partial charge is 0.478 e. The van der Waals surface area contributed by atoms with Gasteiger partial charge in [0.05, 0.1) is 22.3 Å². The van der Waals surface area contributed by atoms with E-state index in [2.05, 4.69) is 20.6 Å². The van der Waals surface area contributed by atoms with Gasteiger partial charge in [0.25, 0.3) is 0 Å². The van der Waals surface area contributed by atoms with Crippen LogP contribution in [0.4, 0.5) is 4.39 Å². The van der Waals surface area contributed by atoms with Crippen LogP contribution in [-0.2, 0) is 13.6 Å². The van der Waals surface area contributed by atoms with Crippen LogP contribution in [-0.4, -0.2) is 34.6 Å². The second-order valence-corrected chi connectivity index (χ2v) is 7.99. The highest BCUT2D eigenvalue weighted by Crippen LogP contribution is 2.37. The predicted octanol–water partition coefficient (Wildman–Crippen LogP) is 4.09. The van der Waals surface area contributed by atoms with E-state index in [1.165, 1.54) is 18.9 Å². The van der Waals surface area contributed by atoms with E-state index >= 15 is 0 Å². The number of pyridine rings is 1. The zero-order valence-electron chi connectivity index (χ0n) is 16.2. The molecule has 4 heterocycles. The SMILES string of the molecule is Cn1c(-c2cc3ccn4ccnc4c3n2CC2CC2)nc2cc(C(=O)O)cc(F)c21. The van der Waals surface area contributed by atoms with E-state index in [-0.39, 0.29) is 5.56 Å². The molecular formula is C22H18FN5O2. The minimum Gasteiger partial charge on any atom is -0.478 e. The fraction of sp³-hybridized carbons (Fsp3) is 0.227. The van der Waals surface area contributed by atoms with Gasteiger partial charge in [0.1, 0.15) is 11.3 Å². The van der Waals surface area contributed by atoms with Crippen molar-refractivity contribution < 1.29 is 14.3 Å². The number of rotatable bonds is 4. The number of imidazole rings is 2. The van der Waals surface area contributed by atoms with E-state index in [0.717, 1.165) is 34.9 Å². The van der Waals surface area contributed by atoms with Gasteiger partial charge in [-0.1, -0.05) is 0 Å². The molecule has 1 aromatic carbocycles. The summed E-state index contributed by atoms with van der Waals surface area (Å²) in [6.45, 7) is 0.845. The number of aryl methyl sites for hydroxylation is 1. The summed E-state index contributed by atoms with van der Waals surface area (Å²) in [6, 6.07) is 6.57. The highest BCUT2D eigenvalue weighted by Gasteiger charge is 2.27. The van der Waals surface area contributed by atoms with Gasteiger partial charge in [-0.3, -0.25) is 0 Å². The lowest BCUT2D eigenvalue weighted by Crippen LogP contribution is -2.05. The quantitative estimate of drug-likeness (QED) is 0.490. The van der Waals surface area contributed by atoms with Crippen molar-refractivity contribution in [3.63, 3.8) is 0 Å². The van der Waals surface area contributed by atoms with Gasteiger partial charge in [-0.15, -0.1) is 0 Å². The van der Waals surface area contributed by atoms with Crippen molar-refractivity contribution in [2.24, 2.45) is 13.0 Å². The first-order chi connectivity index (χ1) is 14.5. The van der Waals surface area contributed by atoms with Crippen LogP contribution in [0.25, 0.3) is 39.1 Å². The van der Waals surface area contributed by atoms with E-state index in [9.17, 15) is 14.3 Å². The Labute approximate surface area is 170 Å². The van der Waals surface area contributed by atoms with Crippen LogP contribution in [0.5, 0.6) is 0 Å². The molecule has 1 saturated carbocycles. The van der Waals surface area contributed by atoms with Crippen molar-refractivity contribution in [1.29, 1.82) is 0 Å². The Balaban J connectivity index is 1.66. The van der Waals surface area contributed by atoms with Crippen LogP contribution in [0.3, 0.4) is 0 Å². The summed E-state index contributed by atoms with van der Waals surface area (Å²) in [4.78, 5) is 20.5. The molecule has 1 N–H and O–H groups in total. The number of nitrogens with zero attached hydrogens (tertiary/aromatic N) is 5. The lowest BCUT2D eigenvalue weighted by Gasteiger charge is -2.11. The summed E-state index contributed by atoms with van der Waals surface area (Å²) >= 11 is 0. The van der Waals surface area contributed by atoms with Crippen molar-refractivity contribution in [1.82, 2.24) is 23.5 Å². The summed E-state index contributed by atoms with van der Waals surface area (Å²) in [6.07, 6.45) is 8.05. The number of carboxylic acid groups (broad SMARTS) is 1. The van der Waals surface area contributed by atoms with Crippen LogP contribution in [0, 0.1) is 11.7 Å². The molecule has 0 saturated heterocycles. The van der Waals surface area contributed by atoms with Gasteiger partial charge in [0.15, 0.2) is 11.5 Å². The summed E-state index contributed by atoms with van der Waals surface area (Å²) in [7, 11) is 1.76. The maximum Gasteiger partial charge on any atom is 0.335 e. The Morgan fingerprint density at radius 1 is 1.23 bits per heavy atom. The van der Waals surface area contributed by atoms with Gasteiger partial charge in [0.2, 0.25) is 0 Å². The minimum atomic E-state index is -1.17. The van der Waals surface area contributed by atoms with Crippen molar-refractivity contribution in [2.45, 2.75) is 19.4 Å².